The minimum Gasteiger partial charge on any atom is -0.391 e. The molecule has 3 rings (SSSR count). The summed E-state index contributed by atoms with van der Waals surface area (Å²) >= 11 is 3.39. The summed E-state index contributed by atoms with van der Waals surface area (Å²) in [6, 6.07) is 10.4. The van der Waals surface area contributed by atoms with Gasteiger partial charge in [-0.25, -0.2) is 8.78 Å². The second kappa shape index (κ2) is 5.98. The van der Waals surface area contributed by atoms with Crippen LogP contribution in [0.15, 0.2) is 51.5 Å². The highest BCUT2D eigenvalue weighted by Crippen LogP contribution is 2.36. The Morgan fingerprint density at radius 2 is 1.86 bits per heavy atom. The van der Waals surface area contributed by atoms with Crippen LogP contribution in [-0.2, 0) is 6.61 Å². The van der Waals surface area contributed by atoms with E-state index in [2.05, 4.69) is 21.1 Å². The molecule has 0 amide bonds. The van der Waals surface area contributed by atoms with Gasteiger partial charge in [-0.1, -0.05) is 33.2 Å². The molecule has 0 fully saturated rings. The SMILES string of the molecule is OCc1c(-c2ccc(F)cc2F)noc1-c1ccccc1Br. The third kappa shape index (κ3) is 2.55. The number of benzene rings is 2. The quantitative estimate of drug-likeness (QED) is 0.740. The Balaban J connectivity index is 2.18. The highest BCUT2D eigenvalue weighted by molar-refractivity contribution is 9.10. The molecule has 1 aromatic heterocycles. The van der Waals surface area contributed by atoms with Gasteiger partial charge in [0.05, 0.1) is 12.2 Å². The molecule has 6 heteroatoms. The first-order valence-electron chi connectivity index (χ1n) is 6.41. The van der Waals surface area contributed by atoms with Crippen molar-refractivity contribution < 1.29 is 18.4 Å². The van der Waals surface area contributed by atoms with Crippen molar-refractivity contribution in [1.29, 1.82) is 0 Å². The van der Waals surface area contributed by atoms with Crippen LogP contribution in [0.2, 0.25) is 0 Å². The van der Waals surface area contributed by atoms with Gasteiger partial charge < -0.3 is 9.63 Å². The molecule has 112 valence electrons. The first kappa shape index (κ1) is 14.9. The maximum atomic E-state index is 13.9. The predicted molar refractivity (Wildman–Crippen MR) is 80.9 cm³/mol. The second-order valence-corrected chi connectivity index (χ2v) is 5.46. The van der Waals surface area contributed by atoms with E-state index in [1.807, 2.05) is 18.2 Å². The van der Waals surface area contributed by atoms with Gasteiger partial charge in [0.1, 0.15) is 17.3 Å². The number of aromatic nitrogens is 1. The largest absolute Gasteiger partial charge is 0.391 e. The normalized spacial score (nSPS) is 10.9. The van der Waals surface area contributed by atoms with Gasteiger partial charge >= 0.3 is 0 Å². The monoisotopic (exact) mass is 365 g/mol. The van der Waals surface area contributed by atoms with E-state index in [1.54, 1.807) is 6.07 Å². The van der Waals surface area contributed by atoms with Crippen LogP contribution in [0.4, 0.5) is 8.78 Å². The summed E-state index contributed by atoms with van der Waals surface area (Å²) < 4.78 is 33.0. The van der Waals surface area contributed by atoms with Crippen molar-refractivity contribution in [2.24, 2.45) is 0 Å². The third-order valence-corrected chi connectivity index (χ3v) is 3.94. The molecule has 3 aromatic rings. The molecular weight excluding hydrogens is 356 g/mol. The van der Waals surface area contributed by atoms with Gasteiger partial charge in [-0.15, -0.1) is 0 Å². The lowest BCUT2D eigenvalue weighted by Crippen LogP contribution is -1.92. The standard InChI is InChI=1S/C16H10BrF2NO2/c17-13-4-2-1-3-10(13)16-12(8-21)15(20-22-16)11-6-5-9(18)7-14(11)19/h1-7,21H,8H2. The van der Waals surface area contributed by atoms with Gasteiger partial charge in [-0.2, -0.15) is 0 Å². The molecule has 0 bridgehead atoms. The lowest BCUT2D eigenvalue weighted by Gasteiger charge is -2.04. The average Bonchev–Trinajstić information content (AvgIpc) is 2.91. The fourth-order valence-electron chi connectivity index (χ4n) is 2.21. The van der Waals surface area contributed by atoms with E-state index in [9.17, 15) is 13.9 Å². The topological polar surface area (TPSA) is 46.3 Å². The molecule has 0 aliphatic heterocycles. The molecule has 0 radical (unpaired) electrons. The van der Waals surface area contributed by atoms with Crippen LogP contribution in [0.3, 0.4) is 0 Å². The minimum atomic E-state index is -0.762. The van der Waals surface area contributed by atoms with Crippen LogP contribution in [0.5, 0.6) is 0 Å². The second-order valence-electron chi connectivity index (χ2n) is 4.60. The van der Waals surface area contributed by atoms with Gasteiger partial charge in [-0.3, -0.25) is 0 Å². The molecule has 1 heterocycles. The van der Waals surface area contributed by atoms with Crippen LogP contribution < -0.4 is 0 Å². The van der Waals surface area contributed by atoms with Crippen molar-refractivity contribution in [3.63, 3.8) is 0 Å². The van der Waals surface area contributed by atoms with Gasteiger partial charge in [0.2, 0.25) is 0 Å². The molecule has 0 unspecified atom stereocenters. The molecule has 0 aliphatic carbocycles. The van der Waals surface area contributed by atoms with E-state index in [0.717, 1.165) is 16.6 Å². The molecule has 0 saturated heterocycles. The number of halogens is 3. The Morgan fingerprint density at radius 3 is 2.55 bits per heavy atom. The molecule has 0 aliphatic rings. The van der Waals surface area contributed by atoms with E-state index >= 15 is 0 Å². The molecule has 22 heavy (non-hydrogen) atoms. The van der Waals surface area contributed by atoms with Crippen molar-refractivity contribution in [3.05, 3.63) is 64.1 Å². The Bertz CT molecular complexity index is 833. The molecule has 0 spiro atoms. The van der Waals surface area contributed by atoms with Gasteiger partial charge in [0.25, 0.3) is 0 Å². The Morgan fingerprint density at radius 1 is 1.09 bits per heavy atom. The summed E-state index contributed by atoms with van der Waals surface area (Å²) in [5.74, 6) is -1.10. The van der Waals surface area contributed by atoms with Crippen LogP contribution in [0.1, 0.15) is 5.56 Å². The highest BCUT2D eigenvalue weighted by Gasteiger charge is 2.22. The molecule has 1 N–H and O–H groups in total. The first-order valence-corrected chi connectivity index (χ1v) is 7.21. The summed E-state index contributed by atoms with van der Waals surface area (Å²) in [4.78, 5) is 0. The van der Waals surface area contributed by atoms with E-state index in [4.69, 9.17) is 4.52 Å². The molecule has 0 atom stereocenters. The minimum absolute atomic E-state index is 0.0764. The lowest BCUT2D eigenvalue weighted by molar-refractivity contribution is 0.281. The van der Waals surface area contributed by atoms with Crippen molar-refractivity contribution >= 4 is 15.9 Å². The summed E-state index contributed by atoms with van der Waals surface area (Å²) in [6.07, 6.45) is 0. The zero-order valence-electron chi connectivity index (χ0n) is 11.2. The fraction of sp³-hybridized carbons (Fsp3) is 0.0625. The average molecular weight is 366 g/mol. The Hall–Kier alpha value is -2.05. The predicted octanol–water partition coefficient (Wildman–Crippen LogP) is 4.54. The molecule has 3 nitrogen and oxygen atoms in total. The van der Waals surface area contributed by atoms with Crippen LogP contribution in [-0.4, -0.2) is 10.3 Å². The number of nitrogens with zero attached hydrogens (tertiary/aromatic N) is 1. The van der Waals surface area contributed by atoms with E-state index < -0.39 is 11.6 Å². The van der Waals surface area contributed by atoms with E-state index in [-0.39, 0.29) is 17.9 Å². The van der Waals surface area contributed by atoms with Crippen LogP contribution in [0.25, 0.3) is 22.6 Å². The Kier molecular flexibility index (Phi) is 4.04. The first-order chi connectivity index (χ1) is 10.6. The number of hydrogen-bond acceptors (Lipinski definition) is 3. The van der Waals surface area contributed by atoms with Crippen LogP contribution >= 0.6 is 15.9 Å². The number of aliphatic hydroxyl groups is 1. The van der Waals surface area contributed by atoms with E-state index in [0.29, 0.717) is 16.9 Å². The van der Waals surface area contributed by atoms with Crippen LogP contribution in [0, 0.1) is 11.6 Å². The lowest BCUT2D eigenvalue weighted by atomic mass is 10.0. The summed E-state index contributed by atoms with van der Waals surface area (Å²) in [7, 11) is 0. The van der Waals surface area contributed by atoms with Crippen molar-refractivity contribution in [2.45, 2.75) is 6.61 Å². The van der Waals surface area contributed by atoms with Crippen molar-refractivity contribution in [1.82, 2.24) is 5.16 Å². The zero-order valence-corrected chi connectivity index (χ0v) is 12.8. The smallest absolute Gasteiger partial charge is 0.174 e. The Labute approximate surface area is 133 Å². The van der Waals surface area contributed by atoms with Gasteiger partial charge in [0, 0.05) is 21.7 Å². The maximum absolute atomic E-state index is 13.9. The molecular formula is C16H10BrF2NO2. The summed E-state index contributed by atoms with van der Waals surface area (Å²) in [5.41, 5.74) is 1.27. The summed E-state index contributed by atoms with van der Waals surface area (Å²) in [5, 5.41) is 13.5. The van der Waals surface area contributed by atoms with E-state index in [1.165, 1.54) is 6.07 Å². The van der Waals surface area contributed by atoms with Crippen molar-refractivity contribution in [3.8, 4) is 22.6 Å². The molecule has 0 saturated carbocycles. The number of hydrogen-bond donors (Lipinski definition) is 1. The number of aliphatic hydroxyl groups excluding tert-OH is 1. The van der Waals surface area contributed by atoms with Crippen molar-refractivity contribution in [2.75, 3.05) is 0 Å². The summed E-state index contributed by atoms with van der Waals surface area (Å²) in [6.45, 7) is -0.383. The maximum Gasteiger partial charge on any atom is 0.174 e. The van der Waals surface area contributed by atoms with Gasteiger partial charge in [0.15, 0.2) is 5.76 Å². The fourth-order valence-corrected chi connectivity index (χ4v) is 2.67. The highest BCUT2D eigenvalue weighted by atomic mass is 79.9. The number of rotatable bonds is 3. The zero-order chi connectivity index (χ0) is 15.7. The molecule has 2 aromatic carbocycles. The third-order valence-electron chi connectivity index (χ3n) is 3.25. The van der Waals surface area contributed by atoms with Gasteiger partial charge in [-0.05, 0) is 24.3 Å².